The Kier molecular flexibility index (Phi) is 8.87. The average molecular weight is 391 g/mol. The summed E-state index contributed by atoms with van der Waals surface area (Å²) in [4.78, 5) is 3.83. The van der Waals surface area contributed by atoms with Crippen LogP contribution in [-0.4, -0.2) is 45.3 Å². The lowest BCUT2D eigenvalue weighted by Gasteiger charge is -2.35. The molecule has 1 saturated heterocycles. The Balaban J connectivity index is 0.00000144. The van der Waals surface area contributed by atoms with Gasteiger partial charge in [-0.25, -0.2) is 0 Å². The van der Waals surface area contributed by atoms with Crippen LogP contribution in [0.15, 0.2) is 35.7 Å². The SMILES string of the molecule is COc1cccc(OC)c1[C@H](c1cccs1)N1CCNCC1.Cl.Cl. The molecule has 1 N–H and O–H groups in total. The van der Waals surface area contributed by atoms with Crippen LogP contribution in [0.1, 0.15) is 16.5 Å². The zero-order valence-corrected chi connectivity index (χ0v) is 16.3. The van der Waals surface area contributed by atoms with Crippen LogP contribution < -0.4 is 14.8 Å². The van der Waals surface area contributed by atoms with Crippen molar-refractivity contribution in [1.29, 1.82) is 0 Å². The first-order valence-corrected chi connectivity index (χ1v) is 8.42. The normalized spacial score (nSPS) is 15.8. The molecular formula is C17H24Cl2N2O2S. The Labute approximate surface area is 160 Å². The van der Waals surface area contributed by atoms with Gasteiger partial charge in [-0.3, -0.25) is 4.90 Å². The predicted octanol–water partition coefficient (Wildman–Crippen LogP) is 3.60. The van der Waals surface area contributed by atoms with Gasteiger partial charge in [-0.1, -0.05) is 12.1 Å². The summed E-state index contributed by atoms with van der Waals surface area (Å²) in [6.45, 7) is 4.06. The molecule has 0 bridgehead atoms. The second-order valence-electron chi connectivity index (χ2n) is 5.28. The Bertz CT molecular complexity index is 582. The average Bonchev–Trinajstić information content (AvgIpc) is 3.10. The molecular weight excluding hydrogens is 367 g/mol. The van der Waals surface area contributed by atoms with Crippen molar-refractivity contribution in [1.82, 2.24) is 10.2 Å². The standard InChI is InChI=1S/C17H22N2O2S.2ClH/c1-20-13-5-3-6-14(21-2)16(13)17(15-7-4-12-22-15)19-10-8-18-9-11-19;;/h3-7,12,17-18H,8-11H2,1-2H3;2*1H/t17-;;/m0../s1. The Morgan fingerprint density at radius 3 is 2.12 bits per heavy atom. The van der Waals surface area contributed by atoms with Gasteiger partial charge in [-0.2, -0.15) is 0 Å². The summed E-state index contributed by atoms with van der Waals surface area (Å²) in [7, 11) is 3.45. The number of rotatable bonds is 5. The maximum Gasteiger partial charge on any atom is 0.127 e. The van der Waals surface area contributed by atoms with Crippen LogP contribution in [0.25, 0.3) is 0 Å². The van der Waals surface area contributed by atoms with Crippen molar-refractivity contribution in [3.8, 4) is 11.5 Å². The molecule has 1 aromatic heterocycles. The van der Waals surface area contributed by atoms with Gasteiger partial charge in [0.15, 0.2) is 0 Å². The van der Waals surface area contributed by atoms with Crippen LogP contribution >= 0.6 is 36.2 Å². The van der Waals surface area contributed by atoms with Crippen molar-refractivity contribution in [2.45, 2.75) is 6.04 Å². The van der Waals surface area contributed by atoms with E-state index in [9.17, 15) is 0 Å². The van der Waals surface area contributed by atoms with E-state index < -0.39 is 0 Å². The number of methoxy groups -OCH3 is 2. The smallest absolute Gasteiger partial charge is 0.127 e. The molecule has 1 aliphatic rings. The summed E-state index contributed by atoms with van der Waals surface area (Å²) in [5.74, 6) is 1.77. The van der Waals surface area contributed by atoms with E-state index in [1.54, 1.807) is 25.6 Å². The van der Waals surface area contributed by atoms with E-state index >= 15 is 0 Å². The number of ether oxygens (including phenoxy) is 2. The zero-order chi connectivity index (χ0) is 15.4. The number of halogens is 2. The summed E-state index contributed by atoms with van der Waals surface area (Å²) in [6, 6.07) is 10.5. The lowest BCUT2D eigenvalue weighted by Crippen LogP contribution is -2.45. The highest BCUT2D eigenvalue weighted by Gasteiger charge is 2.29. The molecule has 2 aromatic rings. The van der Waals surface area contributed by atoms with E-state index in [1.165, 1.54) is 4.88 Å². The van der Waals surface area contributed by atoms with Crippen molar-refractivity contribution in [3.05, 3.63) is 46.2 Å². The minimum absolute atomic E-state index is 0. The molecule has 0 unspecified atom stereocenters. The molecule has 0 aliphatic carbocycles. The Morgan fingerprint density at radius 2 is 1.62 bits per heavy atom. The predicted molar refractivity (Wildman–Crippen MR) is 105 cm³/mol. The van der Waals surface area contributed by atoms with E-state index in [2.05, 4.69) is 27.7 Å². The third-order valence-electron chi connectivity index (χ3n) is 4.07. The maximum atomic E-state index is 5.64. The van der Waals surface area contributed by atoms with E-state index in [0.29, 0.717) is 0 Å². The van der Waals surface area contributed by atoms with Gasteiger partial charge >= 0.3 is 0 Å². The second kappa shape index (κ2) is 10.1. The van der Waals surface area contributed by atoms with E-state index in [1.807, 2.05) is 18.2 Å². The topological polar surface area (TPSA) is 33.7 Å². The van der Waals surface area contributed by atoms with Gasteiger partial charge in [0.05, 0.1) is 25.8 Å². The van der Waals surface area contributed by atoms with Gasteiger partial charge in [0.25, 0.3) is 0 Å². The van der Waals surface area contributed by atoms with Crippen molar-refractivity contribution < 1.29 is 9.47 Å². The van der Waals surface area contributed by atoms with E-state index in [4.69, 9.17) is 9.47 Å². The van der Waals surface area contributed by atoms with Crippen molar-refractivity contribution in [2.75, 3.05) is 40.4 Å². The van der Waals surface area contributed by atoms with Gasteiger partial charge in [-0.15, -0.1) is 36.2 Å². The van der Waals surface area contributed by atoms with E-state index in [0.717, 1.165) is 43.2 Å². The summed E-state index contributed by atoms with van der Waals surface area (Å²) in [6.07, 6.45) is 0. The van der Waals surface area contributed by atoms with Gasteiger partial charge < -0.3 is 14.8 Å². The summed E-state index contributed by atoms with van der Waals surface area (Å²) >= 11 is 1.78. The molecule has 2 heterocycles. The molecule has 4 nitrogen and oxygen atoms in total. The highest BCUT2D eigenvalue weighted by Crippen LogP contribution is 2.42. The number of hydrogen-bond donors (Lipinski definition) is 1. The first kappa shape index (κ1) is 21.1. The molecule has 0 saturated carbocycles. The third-order valence-corrected chi connectivity index (χ3v) is 4.99. The number of piperazine rings is 1. The quantitative estimate of drug-likeness (QED) is 0.845. The van der Waals surface area contributed by atoms with Crippen LogP contribution in [0.4, 0.5) is 0 Å². The zero-order valence-electron chi connectivity index (χ0n) is 13.9. The van der Waals surface area contributed by atoms with Gasteiger partial charge in [0.2, 0.25) is 0 Å². The van der Waals surface area contributed by atoms with Crippen LogP contribution in [0, 0.1) is 0 Å². The minimum atomic E-state index is 0. The van der Waals surface area contributed by atoms with Gasteiger partial charge in [-0.05, 0) is 23.6 Å². The van der Waals surface area contributed by atoms with Crippen LogP contribution in [-0.2, 0) is 0 Å². The summed E-state index contributed by atoms with van der Waals surface area (Å²) in [5.41, 5.74) is 1.12. The highest BCUT2D eigenvalue weighted by molar-refractivity contribution is 7.10. The van der Waals surface area contributed by atoms with Crippen molar-refractivity contribution in [3.63, 3.8) is 0 Å². The van der Waals surface area contributed by atoms with Crippen molar-refractivity contribution in [2.24, 2.45) is 0 Å². The molecule has 1 aliphatic heterocycles. The molecule has 1 atom stereocenters. The first-order chi connectivity index (χ1) is 10.8. The highest BCUT2D eigenvalue weighted by atomic mass is 35.5. The first-order valence-electron chi connectivity index (χ1n) is 7.54. The lowest BCUT2D eigenvalue weighted by atomic mass is 10.00. The monoisotopic (exact) mass is 390 g/mol. The van der Waals surface area contributed by atoms with Crippen LogP contribution in [0.5, 0.6) is 11.5 Å². The third kappa shape index (κ3) is 4.35. The summed E-state index contributed by atoms with van der Waals surface area (Å²) < 4.78 is 11.3. The van der Waals surface area contributed by atoms with Crippen molar-refractivity contribution >= 4 is 36.2 Å². The number of hydrogen-bond acceptors (Lipinski definition) is 5. The number of nitrogens with one attached hydrogen (secondary N) is 1. The molecule has 0 radical (unpaired) electrons. The fourth-order valence-corrected chi connectivity index (χ4v) is 3.91. The molecule has 1 fully saturated rings. The number of nitrogens with zero attached hydrogens (tertiary/aromatic N) is 1. The van der Waals surface area contributed by atoms with Gasteiger partial charge in [0, 0.05) is 31.1 Å². The fraction of sp³-hybridized carbons (Fsp3) is 0.412. The molecule has 3 rings (SSSR count). The molecule has 24 heavy (non-hydrogen) atoms. The Hall–Kier alpha value is -0.980. The molecule has 0 amide bonds. The second-order valence-corrected chi connectivity index (χ2v) is 6.26. The fourth-order valence-electron chi connectivity index (χ4n) is 3.04. The van der Waals surface area contributed by atoms with Crippen LogP contribution in [0.3, 0.4) is 0 Å². The number of thiophene rings is 1. The lowest BCUT2D eigenvalue weighted by molar-refractivity contribution is 0.194. The minimum Gasteiger partial charge on any atom is -0.496 e. The molecule has 0 spiro atoms. The van der Waals surface area contributed by atoms with E-state index in [-0.39, 0.29) is 30.9 Å². The van der Waals surface area contributed by atoms with Gasteiger partial charge in [0.1, 0.15) is 11.5 Å². The largest absolute Gasteiger partial charge is 0.496 e. The summed E-state index contributed by atoms with van der Waals surface area (Å²) in [5, 5.41) is 5.55. The molecule has 7 heteroatoms. The molecule has 1 aromatic carbocycles. The Morgan fingerprint density at radius 1 is 1.00 bits per heavy atom. The van der Waals surface area contributed by atoms with Crippen LogP contribution in [0.2, 0.25) is 0 Å². The molecule has 134 valence electrons. The number of benzene rings is 1. The maximum absolute atomic E-state index is 5.64.